The monoisotopic (exact) mass is 263 g/mol. The number of halogens is 1. The zero-order valence-corrected chi connectivity index (χ0v) is 11.3. The van der Waals surface area contributed by atoms with Crippen LogP contribution in [0.5, 0.6) is 0 Å². The number of ketones is 1. The van der Waals surface area contributed by atoms with Gasteiger partial charge in [-0.1, -0.05) is 17.2 Å². The second-order valence-electron chi connectivity index (χ2n) is 4.06. The minimum absolute atomic E-state index is 0.00472. The topological polar surface area (TPSA) is 21.4 Å². The highest BCUT2D eigenvalue weighted by atomic mass is 35.5. The van der Waals surface area contributed by atoms with Gasteiger partial charge >= 0.3 is 0 Å². The van der Waals surface area contributed by atoms with E-state index >= 15 is 0 Å². The smallest absolute Gasteiger partial charge is 0.202 e. The second kappa shape index (κ2) is 4.14. The van der Waals surface area contributed by atoms with Crippen molar-refractivity contribution in [1.82, 2.24) is 0 Å². The molecule has 0 saturated carbocycles. The van der Waals surface area contributed by atoms with E-state index in [2.05, 4.69) is 4.85 Å². The van der Waals surface area contributed by atoms with E-state index in [9.17, 15) is 4.79 Å². The zero-order valence-electron chi connectivity index (χ0n) is 9.72. The van der Waals surface area contributed by atoms with Gasteiger partial charge in [0.25, 0.3) is 0 Å². The van der Waals surface area contributed by atoms with Gasteiger partial charge in [0.1, 0.15) is 0 Å². The van der Waals surface area contributed by atoms with E-state index in [0.717, 1.165) is 11.1 Å². The molecule has 86 valence electrons. The van der Waals surface area contributed by atoms with Crippen LogP contribution in [0, 0.1) is 6.57 Å². The molecule has 17 heavy (non-hydrogen) atoms. The number of hydrogen-bond acceptors (Lipinski definition) is 2. The number of hydrogen-bond donors (Lipinski definition) is 0. The Balaban J connectivity index is 2.88. The lowest BCUT2D eigenvalue weighted by Crippen LogP contribution is -1.96. The van der Waals surface area contributed by atoms with Crippen molar-refractivity contribution in [2.45, 2.75) is 20.8 Å². The summed E-state index contributed by atoms with van der Waals surface area (Å²) in [6, 6.07) is 0. The van der Waals surface area contributed by atoms with Gasteiger partial charge in [0.05, 0.1) is 16.5 Å². The molecule has 2 nitrogen and oxygen atoms in total. The van der Waals surface area contributed by atoms with Gasteiger partial charge in [-0.15, -0.1) is 11.3 Å². The molecule has 0 atom stereocenters. The van der Waals surface area contributed by atoms with Crippen molar-refractivity contribution in [1.29, 1.82) is 0 Å². The summed E-state index contributed by atoms with van der Waals surface area (Å²) in [6.45, 7) is 12.6. The normalized spacial score (nSPS) is 16.9. The molecule has 0 aromatic carbocycles. The molecule has 0 saturated heterocycles. The van der Waals surface area contributed by atoms with Crippen LogP contribution in [0.25, 0.3) is 10.4 Å². The zero-order chi connectivity index (χ0) is 12.7. The third-order valence-electron chi connectivity index (χ3n) is 2.71. The number of carbonyl (C=O) groups excluding carboxylic acids is 1. The number of rotatable bonds is 0. The van der Waals surface area contributed by atoms with Gasteiger partial charge in [0, 0.05) is 16.5 Å². The van der Waals surface area contributed by atoms with Crippen LogP contribution >= 0.6 is 22.9 Å². The maximum Gasteiger partial charge on any atom is 0.202 e. The Hall–Kier alpha value is -1.37. The Morgan fingerprint density at radius 2 is 2.00 bits per heavy atom. The molecular formula is C13H10ClNOS. The second-order valence-corrected chi connectivity index (χ2v) is 5.35. The van der Waals surface area contributed by atoms with Crippen molar-refractivity contribution in [3.8, 4) is 0 Å². The lowest BCUT2D eigenvalue weighted by Gasteiger charge is -2.05. The fraction of sp³-hybridized carbons (Fsp3) is 0.231. The van der Waals surface area contributed by atoms with Gasteiger partial charge in [0.2, 0.25) is 5.78 Å². The molecule has 0 N–H and O–H groups in total. The molecule has 1 heterocycles. The van der Waals surface area contributed by atoms with E-state index in [1.165, 1.54) is 11.3 Å². The first-order valence-corrected chi connectivity index (χ1v) is 6.33. The molecule has 1 aromatic heterocycles. The van der Waals surface area contributed by atoms with Crippen molar-refractivity contribution in [3.63, 3.8) is 0 Å². The number of nitrogens with zero attached hydrogens (tertiary/aromatic N) is 1. The first kappa shape index (κ1) is 12.1. The van der Waals surface area contributed by atoms with E-state index in [4.69, 9.17) is 18.2 Å². The number of Topliss-reactive ketones (excluding diaryl/α,β-unsaturated/α-hetero) is 1. The lowest BCUT2D eigenvalue weighted by molar-refractivity contribution is 0.104. The van der Waals surface area contributed by atoms with E-state index in [0.29, 0.717) is 26.7 Å². The average molecular weight is 264 g/mol. The third kappa shape index (κ3) is 1.65. The summed E-state index contributed by atoms with van der Waals surface area (Å²) in [5, 5.41) is 2.32. The van der Waals surface area contributed by atoms with Crippen LogP contribution in [0.2, 0.25) is 5.02 Å². The maximum absolute atomic E-state index is 12.2. The van der Waals surface area contributed by atoms with Gasteiger partial charge in [-0.25, -0.2) is 4.85 Å². The van der Waals surface area contributed by atoms with Crippen molar-refractivity contribution >= 4 is 34.3 Å². The first-order valence-electron chi connectivity index (χ1n) is 5.07. The fourth-order valence-corrected chi connectivity index (χ4v) is 3.24. The number of fused-ring (bicyclic) bond motifs is 1. The van der Waals surface area contributed by atoms with Gasteiger partial charge in [-0.2, -0.15) is 0 Å². The fourth-order valence-electron chi connectivity index (χ4n) is 1.98. The molecule has 4 heteroatoms. The summed E-state index contributed by atoms with van der Waals surface area (Å²) in [5.41, 5.74) is 3.54. The van der Waals surface area contributed by atoms with Crippen LogP contribution in [0.15, 0.2) is 22.2 Å². The van der Waals surface area contributed by atoms with Crippen molar-refractivity contribution in [2.24, 2.45) is 0 Å². The number of carbonyl (C=O) groups is 1. The molecular weight excluding hydrogens is 254 g/mol. The molecule has 0 aliphatic heterocycles. The Morgan fingerprint density at radius 3 is 2.53 bits per heavy atom. The molecule has 1 aliphatic carbocycles. The van der Waals surface area contributed by atoms with Crippen LogP contribution in [0.3, 0.4) is 0 Å². The van der Waals surface area contributed by atoms with E-state index in [1.807, 2.05) is 13.8 Å². The summed E-state index contributed by atoms with van der Waals surface area (Å²) in [5.74, 6) is -0.00472. The molecule has 0 amide bonds. The highest BCUT2D eigenvalue weighted by Gasteiger charge is 2.35. The summed E-state index contributed by atoms with van der Waals surface area (Å²) < 4.78 is 0. The minimum Gasteiger partial charge on any atom is -0.288 e. The minimum atomic E-state index is -0.00472. The molecule has 1 aliphatic rings. The molecule has 0 unspecified atom stereocenters. The van der Waals surface area contributed by atoms with E-state index in [-0.39, 0.29) is 5.78 Å². The van der Waals surface area contributed by atoms with Crippen LogP contribution in [0.4, 0.5) is 0 Å². The Kier molecular flexibility index (Phi) is 2.94. The Morgan fingerprint density at radius 1 is 1.35 bits per heavy atom. The standard InChI is InChI=1S/C13H10ClNOS/c1-6(2)9-10(7(3)15-4)11-8(14)5-17-13(11)12(9)16/h5H,1-3H3/b10-7-. The first-order chi connectivity index (χ1) is 7.99. The SMILES string of the molecule is [C-]#[N+]/C(C)=C1/C(=C(C)C)C(=O)c2scc(Cl)c21. The average Bonchev–Trinajstić information content (AvgIpc) is 2.78. The Bertz CT molecular complexity index is 624. The molecule has 1 aromatic rings. The number of thiophene rings is 1. The van der Waals surface area contributed by atoms with Gasteiger partial charge in [-0.3, -0.25) is 4.79 Å². The lowest BCUT2D eigenvalue weighted by atomic mass is 10.00. The number of allylic oxidation sites excluding steroid dienone is 4. The van der Waals surface area contributed by atoms with Crippen molar-refractivity contribution < 1.29 is 4.79 Å². The summed E-state index contributed by atoms with van der Waals surface area (Å²) in [6.07, 6.45) is 0. The van der Waals surface area contributed by atoms with Crippen LogP contribution in [-0.2, 0) is 0 Å². The maximum atomic E-state index is 12.2. The van der Waals surface area contributed by atoms with E-state index in [1.54, 1.807) is 12.3 Å². The van der Waals surface area contributed by atoms with Crippen molar-refractivity contribution in [2.75, 3.05) is 0 Å². The highest BCUT2D eigenvalue weighted by Crippen LogP contribution is 2.47. The summed E-state index contributed by atoms with van der Waals surface area (Å²) >= 11 is 7.46. The van der Waals surface area contributed by atoms with Crippen LogP contribution < -0.4 is 0 Å². The van der Waals surface area contributed by atoms with Gasteiger partial charge in [-0.05, 0) is 26.3 Å². The molecule has 2 rings (SSSR count). The molecule has 0 radical (unpaired) electrons. The predicted octanol–water partition coefficient (Wildman–Crippen LogP) is 4.58. The van der Waals surface area contributed by atoms with E-state index < -0.39 is 0 Å². The quantitative estimate of drug-likeness (QED) is 0.496. The molecule has 0 bridgehead atoms. The van der Waals surface area contributed by atoms with Crippen molar-refractivity contribution in [3.05, 3.63) is 49.1 Å². The van der Waals surface area contributed by atoms with Crippen LogP contribution in [-0.4, -0.2) is 5.78 Å². The Labute approximate surface area is 109 Å². The summed E-state index contributed by atoms with van der Waals surface area (Å²) in [7, 11) is 0. The summed E-state index contributed by atoms with van der Waals surface area (Å²) in [4.78, 5) is 16.3. The predicted molar refractivity (Wildman–Crippen MR) is 71.2 cm³/mol. The van der Waals surface area contributed by atoms with Gasteiger partial charge in [0.15, 0.2) is 5.70 Å². The van der Waals surface area contributed by atoms with Gasteiger partial charge < -0.3 is 0 Å². The highest BCUT2D eigenvalue weighted by molar-refractivity contribution is 7.13. The van der Waals surface area contributed by atoms with Crippen LogP contribution in [0.1, 0.15) is 36.0 Å². The third-order valence-corrected chi connectivity index (χ3v) is 4.12. The largest absolute Gasteiger partial charge is 0.288 e. The molecule has 0 fully saturated rings. The molecule has 0 spiro atoms.